The molecule has 0 radical (unpaired) electrons. The molecule has 0 rings (SSSR count). The first-order valence-corrected chi connectivity index (χ1v) is 4.39. The van der Waals surface area contributed by atoms with Crippen LogP contribution in [0.5, 0.6) is 0 Å². The Morgan fingerprint density at radius 1 is 1.00 bits per heavy atom. The van der Waals surface area contributed by atoms with Gasteiger partial charge in [-0.05, 0) is 0 Å². The highest BCUT2D eigenvalue weighted by Gasteiger charge is 2.04. The minimum atomic E-state index is -2.91. The summed E-state index contributed by atoms with van der Waals surface area (Å²) in [7, 11) is -5.82. The first-order chi connectivity index (χ1) is 4.63. The van der Waals surface area contributed by atoms with Crippen molar-refractivity contribution in [2.75, 3.05) is 13.2 Å². The lowest BCUT2D eigenvalue weighted by Crippen LogP contribution is -1.95. The van der Waals surface area contributed by atoms with Gasteiger partial charge in [-0.3, -0.25) is 0 Å². The Morgan fingerprint density at radius 2 is 1.30 bits per heavy atom. The standard InChI is InChI=1S/C2H6F2O4P2/c3-9(5)7-1-2-8-10(4)6/h5-6H,1-2H2. The lowest BCUT2D eigenvalue weighted by atomic mass is 10.8. The summed E-state index contributed by atoms with van der Waals surface area (Å²) in [5, 5.41) is 0. The van der Waals surface area contributed by atoms with E-state index in [1.807, 2.05) is 0 Å². The van der Waals surface area contributed by atoms with Crippen LogP contribution in [0.2, 0.25) is 0 Å². The fraction of sp³-hybridized carbons (Fsp3) is 1.00. The zero-order valence-corrected chi connectivity index (χ0v) is 6.56. The van der Waals surface area contributed by atoms with Gasteiger partial charge in [0.1, 0.15) is 0 Å². The summed E-state index contributed by atoms with van der Waals surface area (Å²) in [4.78, 5) is 15.8. The van der Waals surface area contributed by atoms with Crippen molar-refractivity contribution in [2.24, 2.45) is 0 Å². The molecular weight excluding hydrogens is 188 g/mol. The van der Waals surface area contributed by atoms with Gasteiger partial charge in [0.2, 0.25) is 0 Å². The van der Waals surface area contributed by atoms with Crippen LogP contribution in [0.1, 0.15) is 0 Å². The Kier molecular flexibility index (Phi) is 6.63. The van der Waals surface area contributed by atoms with E-state index in [9.17, 15) is 8.39 Å². The molecule has 0 heterocycles. The molecular formula is C2H6F2O4P2. The molecule has 0 saturated carbocycles. The molecule has 0 bridgehead atoms. The Bertz CT molecular complexity index is 71.7. The van der Waals surface area contributed by atoms with Gasteiger partial charge in [0.25, 0.3) is 0 Å². The highest BCUT2D eigenvalue weighted by atomic mass is 31.2. The van der Waals surface area contributed by atoms with Crippen LogP contribution >= 0.6 is 17.4 Å². The molecule has 0 aliphatic rings. The summed E-state index contributed by atoms with van der Waals surface area (Å²) in [5.41, 5.74) is 0. The average Bonchev–Trinajstić information content (AvgIpc) is 1.79. The smallest absolute Gasteiger partial charge is 0.325 e. The lowest BCUT2D eigenvalue weighted by molar-refractivity contribution is 0.196. The Hall–Kier alpha value is 0.560. The fourth-order valence-electron chi connectivity index (χ4n) is 0.225. The highest BCUT2D eigenvalue weighted by Crippen LogP contribution is 2.34. The molecule has 2 atom stereocenters. The third kappa shape index (κ3) is 8.56. The first kappa shape index (κ1) is 10.6. The minimum absolute atomic E-state index is 0.276. The SMILES string of the molecule is OP(F)OCCOP(O)F. The van der Waals surface area contributed by atoms with Crippen LogP contribution in [0, 0.1) is 0 Å². The molecule has 0 aromatic heterocycles. The topological polar surface area (TPSA) is 58.9 Å². The minimum Gasteiger partial charge on any atom is -0.325 e. The van der Waals surface area contributed by atoms with Crippen molar-refractivity contribution in [3.05, 3.63) is 0 Å². The number of rotatable bonds is 5. The summed E-state index contributed by atoms with van der Waals surface area (Å²) in [5.74, 6) is 0. The largest absolute Gasteiger partial charge is 0.372 e. The van der Waals surface area contributed by atoms with E-state index in [4.69, 9.17) is 9.79 Å². The second-order valence-electron chi connectivity index (χ2n) is 1.12. The van der Waals surface area contributed by atoms with Gasteiger partial charge in [-0.1, -0.05) is 0 Å². The number of hydrogen-bond donors (Lipinski definition) is 2. The Labute approximate surface area is 58.8 Å². The molecule has 4 nitrogen and oxygen atoms in total. The van der Waals surface area contributed by atoms with E-state index in [-0.39, 0.29) is 13.2 Å². The lowest BCUT2D eigenvalue weighted by Gasteiger charge is -2.01. The van der Waals surface area contributed by atoms with Crippen LogP contribution in [-0.2, 0) is 9.05 Å². The molecule has 62 valence electrons. The van der Waals surface area contributed by atoms with Crippen LogP contribution < -0.4 is 0 Å². The molecule has 2 unspecified atom stereocenters. The monoisotopic (exact) mass is 194 g/mol. The van der Waals surface area contributed by atoms with Crippen molar-refractivity contribution in [3.63, 3.8) is 0 Å². The van der Waals surface area contributed by atoms with Crippen LogP contribution in [0.4, 0.5) is 8.39 Å². The van der Waals surface area contributed by atoms with Gasteiger partial charge in [0, 0.05) is 0 Å². The van der Waals surface area contributed by atoms with E-state index in [2.05, 4.69) is 9.05 Å². The van der Waals surface area contributed by atoms with E-state index in [0.29, 0.717) is 0 Å². The van der Waals surface area contributed by atoms with Gasteiger partial charge >= 0.3 is 17.4 Å². The van der Waals surface area contributed by atoms with Crippen molar-refractivity contribution in [1.82, 2.24) is 0 Å². The van der Waals surface area contributed by atoms with E-state index < -0.39 is 17.4 Å². The molecule has 0 fully saturated rings. The zero-order chi connectivity index (χ0) is 7.98. The maximum atomic E-state index is 11.4. The number of halogens is 2. The second kappa shape index (κ2) is 6.28. The summed E-state index contributed by atoms with van der Waals surface area (Å²) >= 11 is 0. The maximum Gasteiger partial charge on any atom is 0.372 e. The van der Waals surface area contributed by atoms with Crippen molar-refractivity contribution < 1.29 is 27.2 Å². The molecule has 0 spiro atoms. The van der Waals surface area contributed by atoms with Gasteiger partial charge in [0.05, 0.1) is 13.2 Å². The predicted octanol–water partition coefficient (Wildman–Crippen LogP) is 1.40. The van der Waals surface area contributed by atoms with Crippen molar-refractivity contribution >= 4 is 17.4 Å². The third-order valence-corrected chi connectivity index (χ3v) is 1.27. The molecule has 2 N–H and O–H groups in total. The maximum absolute atomic E-state index is 11.4. The fourth-order valence-corrected chi connectivity index (χ4v) is 0.676. The molecule has 0 saturated heterocycles. The molecule has 10 heavy (non-hydrogen) atoms. The van der Waals surface area contributed by atoms with E-state index in [0.717, 1.165) is 0 Å². The molecule has 0 aliphatic carbocycles. The van der Waals surface area contributed by atoms with Crippen molar-refractivity contribution in [2.45, 2.75) is 0 Å². The Balaban J connectivity index is 2.91. The van der Waals surface area contributed by atoms with E-state index >= 15 is 0 Å². The van der Waals surface area contributed by atoms with Crippen molar-refractivity contribution in [3.8, 4) is 0 Å². The summed E-state index contributed by atoms with van der Waals surface area (Å²) in [6.07, 6.45) is 0. The van der Waals surface area contributed by atoms with E-state index in [1.165, 1.54) is 0 Å². The second-order valence-corrected chi connectivity index (χ2v) is 2.54. The average molecular weight is 194 g/mol. The van der Waals surface area contributed by atoms with Gasteiger partial charge in [-0.15, -0.1) is 0 Å². The first-order valence-electron chi connectivity index (χ1n) is 2.18. The highest BCUT2D eigenvalue weighted by molar-refractivity contribution is 7.40. The molecule has 0 aliphatic heterocycles. The molecule has 0 aromatic carbocycles. The summed E-state index contributed by atoms with van der Waals surface area (Å²) in [6.45, 7) is -0.552. The quantitative estimate of drug-likeness (QED) is 0.512. The van der Waals surface area contributed by atoms with Gasteiger partial charge in [-0.25, -0.2) is 0 Å². The summed E-state index contributed by atoms with van der Waals surface area (Å²) in [6, 6.07) is 0. The van der Waals surface area contributed by atoms with Crippen LogP contribution in [-0.4, -0.2) is 23.0 Å². The van der Waals surface area contributed by atoms with Gasteiger partial charge in [-0.2, -0.15) is 8.39 Å². The third-order valence-electron chi connectivity index (χ3n) is 0.479. The normalized spacial score (nSPS) is 16.8. The Morgan fingerprint density at radius 3 is 1.50 bits per heavy atom. The predicted molar refractivity (Wildman–Crippen MR) is 32.4 cm³/mol. The van der Waals surface area contributed by atoms with Gasteiger partial charge < -0.3 is 18.8 Å². The molecule has 0 amide bonds. The van der Waals surface area contributed by atoms with Crippen LogP contribution in [0.3, 0.4) is 0 Å². The van der Waals surface area contributed by atoms with Crippen LogP contribution in [0.15, 0.2) is 0 Å². The van der Waals surface area contributed by atoms with Crippen LogP contribution in [0.25, 0.3) is 0 Å². The zero-order valence-electron chi connectivity index (χ0n) is 4.78. The summed E-state index contributed by atoms with van der Waals surface area (Å²) < 4.78 is 30.7. The van der Waals surface area contributed by atoms with Crippen molar-refractivity contribution in [1.29, 1.82) is 0 Å². The van der Waals surface area contributed by atoms with E-state index in [1.54, 1.807) is 0 Å². The molecule has 0 aromatic rings. The van der Waals surface area contributed by atoms with Gasteiger partial charge in [0.15, 0.2) is 0 Å². The number of hydrogen-bond acceptors (Lipinski definition) is 4. The molecule has 8 heteroatoms.